The van der Waals surface area contributed by atoms with Gasteiger partial charge in [-0.2, -0.15) is 0 Å². The van der Waals surface area contributed by atoms with Gasteiger partial charge in [0.15, 0.2) is 0 Å². The zero-order chi connectivity index (χ0) is 13.3. The molecule has 0 aromatic heterocycles. The molecule has 17 heavy (non-hydrogen) atoms. The van der Waals surface area contributed by atoms with Crippen LogP contribution in [0.15, 0.2) is 0 Å². The predicted molar refractivity (Wildman–Crippen MR) is 71.2 cm³/mol. The predicted octanol–water partition coefficient (Wildman–Crippen LogP) is 1.42. The molecule has 1 saturated heterocycles. The van der Waals surface area contributed by atoms with Crippen molar-refractivity contribution < 1.29 is 8.42 Å². The van der Waals surface area contributed by atoms with Crippen molar-refractivity contribution in [3.05, 3.63) is 0 Å². The molecule has 0 amide bonds. The SMILES string of the molecule is CC(C)C(C)(N)CC1CCCN(S(C)(=O)=O)C1. The van der Waals surface area contributed by atoms with Crippen molar-refractivity contribution in [1.82, 2.24) is 4.31 Å². The normalized spacial score (nSPS) is 27.1. The second-order valence-corrected chi connectivity index (χ2v) is 7.98. The average molecular weight is 262 g/mol. The molecule has 1 aliphatic heterocycles. The standard InChI is InChI=1S/C12H26N2O2S/c1-10(2)12(3,13)8-11-6-5-7-14(9-11)17(4,15)16/h10-11H,5-9,13H2,1-4H3. The molecule has 2 unspecified atom stereocenters. The van der Waals surface area contributed by atoms with Gasteiger partial charge in [-0.25, -0.2) is 12.7 Å². The van der Waals surface area contributed by atoms with Gasteiger partial charge in [0.2, 0.25) is 10.0 Å². The molecule has 5 heteroatoms. The van der Waals surface area contributed by atoms with Crippen LogP contribution in [-0.4, -0.2) is 37.6 Å². The van der Waals surface area contributed by atoms with Crippen LogP contribution in [0, 0.1) is 11.8 Å². The van der Waals surface area contributed by atoms with Crippen molar-refractivity contribution in [2.45, 2.75) is 45.6 Å². The van der Waals surface area contributed by atoms with Gasteiger partial charge in [0.05, 0.1) is 6.26 Å². The van der Waals surface area contributed by atoms with Gasteiger partial charge in [0.25, 0.3) is 0 Å². The van der Waals surface area contributed by atoms with Crippen LogP contribution >= 0.6 is 0 Å². The van der Waals surface area contributed by atoms with Crippen LogP contribution in [0.5, 0.6) is 0 Å². The molecular formula is C12H26N2O2S. The van der Waals surface area contributed by atoms with Crippen molar-refractivity contribution in [1.29, 1.82) is 0 Å². The summed E-state index contributed by atoms with van der Waals surface area (Å²) in [4.78, 5) is 0. The number of nitrogens with two attached hydrogens (primary N) is 1. The second-order valence-electron chi connectivity index (χ2n) is 5.99. The van der Waals surface area contributed by atoms with E-state index in [1.807, 2.05) is 0 Å². The van der Waals surface area contributed by atoms with Gasteiger partial charge in [-0.3, -0.25) is 0 Å². The summed E-state index contributed by atoms with van der Waals surface area (Å²) in [6.45, 7) is 7.61. The minimum atomic E-state index is -3.04. The molecule has 0 saturated carbocycles. The van der Waals surface area contributed by atoms with Crippen LogP contribution in [-0.2, 0) is 10.0 Å². The van der Waals surface area contributed by atoms with Crippen LogP contribution in [0.2, 0.25) is 0 Å². The monoisotopic (exact) mass is 262 g/mol. The minimum absolute atomic E-state index is 0.203. The van der Waals surface area contributed by atoms with Crippen molar-refractivity contribution in [2.24, 2.45) is 17.6 Å². The zero-order valence-electron chi connectivity index (χ0n) is 11.4. The van der Waals surface area contributed by atoms with E-state index in [2.05, 4.69) is 20.8 Å². The van der Waals surface area contributed by atoms with Gasteiger partial charge < -0.3 is 5.73 Å². The maximum atomic E-state index is 11.5. The quantitative estimate of drug-likeness (QED) is 0.833. The third kappa shape index (κ3) is 4.23. The largest absolute Gasteiger partial charge is 0.325 e. The second kappa shape index (κ2) is 5.24. The maximum Gasteiger partial charge on any atom is 0.211 e. The number of nitrogens with zero attached hydrogens (tertiary/aromatic N) is 1. The van der Waals surface area contributed by atoms with E-state index in [0.717, 1.165) is 19.3 Å². The summed E-state index contributed by atoms with van der Waals surface area (Å²) in [5, 5.41) is 0. The number of rotatable bonds is 4. The molecule has 0 spiro atoms. The Bertz CT molecular complexity index is 350. The molecule has 0 aliphatic carbocycles. The van der Waals surface area contributed by atoms with E-state index in [1.54, 1.807) is 4.31 Å². The molecule has 1 heterocycles. The highest BCUT2D eigenvalue weighted by Gasteiger charge is 2.32. The summed E-state index contributed by atoms with van der Waals surface area (Å²) in [6.07, 6.45) is 4.23. The Morgan fingerprint density at radius 3 is 2.53 bits per heavy atom. The first kappa shape index (κ1) is 14.9. The minimum Gasteiger partial charge on any atom is -0.325 e. The van der Waals surface area contributed by atoms with Gasteiger partial charge in [0, 0.05) is 18.6 Å². The molecular weight excluding hydrogens is 236 g/mol. The molecule has 0 bridgehead atoms. The van der Waals surface area contributed by atoms with E-state index in [9.17, 15) is 8.42 Å². The number of sulfonamides is 1. The summed E-state index contributed by atoms with van der Waals surface area (Å²) in [5.74, 6) is 0.812. The molecule has 0 aromatic carbocycles. The smallest absolute Gasteiger partial charge is 0.211 e. The van der Waals surface area contributed by atoms with Crippen molar-refractivity contribution >= 4 is 10.0 Å². The molecule has 0 radical (unpaired) electrons. The highest BCUT2D eigenvalue weighted by Crippen LogP contribution is 2.29. The van der Waals surface area contributed by atoms with Crippen LogP contribution < -0.4 is 5.73 Å². The summed E-state index contributed by atoms with van der Waals surface area (Å²) >= 11 is 0. The zero-order valence-corrected chi connectivity index (χ0v) is 12.3. The van der Waals surface area contributed by atoms with Crippen LogP contribution in [0.1, 0.15) is 40.0 Å². The maximum absolute atomic E-state index is 11.5. The fourth-order valence-electron chi connectivity index (χ4n) is 2.35. The topological polar surface area (TPSA) is 63.4 Å². The Kier molecular flexibility index (Phi) is 4.60. The van der Waals surface area contributed by atoms with Crippen molar-refractivity contribution in [2.75, 3.05) is 19.3 Å². The van der Waals surface area contributed by atoms with Gasteiger partial charge in [-0.05, 0) is 38.0 Å². The van der Waals surface area contributed by atoms with Crippen molar-refractivity contribution in [3.8, 4) is 0 Å². The Morgan fingerprint density at radius 2 is 2.06 bits per heavy atom. The molecule has 1 aliphatic rings. The van der Waals surface area contributed by atoms with Gasteiger partial charge >= 0.3 is 0 Å². The van der Waals surface area contributed by atoms with Gasteiger partial charge in [-0.1, -0.05) is 13.8 Å². The molecule has 1 rings (SSSR count). The molecule has 2 atom stereocenters. The lowest BCUT2D eigenvalue weighted by atomic mass is 9.79. The van der Waals surface area contributed by atoms with Gasteiger partial charge in [0.1, 0.15) is 0 Å². The summed E-state index contributed by atoms with van der Waals surface area (Å²) in [5.41, 5.74) is 6.07. The lowest BCUT2D eigenvalue weighted by molar-refractivity contribution is 0.194. The van der Waals surface area contributed by atoms with E-state index in [4.69, 9.17) is 5.73 Å². The Morgan fingerprint density at radius 1 is 1.47 bits per heavy atom. The molecule has 4 nitrogen and oxygen atoms in total. The average Bonchev–Trinajstić information content (AvgIpc) is 2.15. The molecule has 102 valence electrons. The molecule has 2 N–H and O–H groups in total. The summed E-state index contributed by atoms with van der Waals surface area (Å²) < 4.78 is 24.6. The van der Waals surface area contributed by atoms with Crippen LogP contribution in [0.4, 0.5) is 0 Å². The van der Waals surface area contributed by atoms with Crippen LogP contribution in [0.25, 0.3) is 0 Å². The molecule has 1 fully saturated rings. The Labute approximate surface area is 106 Å². The molecule has 0 aromatic rings. The Hall–Kier alpha value is -0.130. The van der Waals surface area contributed by atoms with E-state index in [-0.39, 0.29) is 5.54 Å². The summed E-state index contributed by atoms with van der Waals surface area (Å²) in [7, 11) is -3.04. The lowest BCUT2D eigenvalue weighted by Crippen LogP contribution is -2.47. The third-order valence-electron chi connectivity index (χ3n) is 4.00. The number of piperidine rings is 1. The Balaban J connectivity index is 2.62. The first-order chi connectivity index (χ1) is 7.63. The lowest BCUT2D eigenvalue weighted by Gasteiger charge is -2.37. The highest BCUT2D eigenvalue weighted by molar-refractivity contribution is 7.88. The van der Waals surface area contributed by atoms with Crippen LogP contribution in [0.3, 0.4) is 0 Å². The fraction of sp³-hybridized carbons (Fsp3) is 1.00. The highest BCUT2D eigenvalue weighted by atomic mass is 32.2. The van der Waals surface area contributed by atoms with E-state index in [1.165, 1.54) is 6.26 Å². The third-order valence-corrected chi connectivity index (χ3v) is 5.27. The number of hydrogen-bond donors (Lipinski definition) is 1. The first-order valence-electron chi connectivity index (χ1n) is 6.37. The van der Waals surface area contributed by atoms with E-state index >= 15 is 0 Å². The summed E-state index contributed by atoms with van der Waals surface area (Å²) in [6, 6.07) is 0. The number of hydrogen-bond acceptors (Lipinski definition) is 3. The van der Waals surface area contributed by atoms with E-state index < -0.39 is 10.0 Å². The van der Waals surface area contributed by atoms with Gasteiger partial charge in [-0.15, -0.1) is 0 Å². The van der Waals surface area contributed by atoms with Crippen molar-refractivity contribution in [3.63, 3.8) is 0 Å². The fourth-order valence-corrected chi connectivity index (χ4v) is 3.29. The van der Waals surface area contributed by atoms with E-state index in [0.29, 0.717) is 24.9 Å². The first-order valence-corrected chi connectivity index (χ1v) is 8.22.